The lowest BCUT2D eigenvalue weighted by Crippen LogP contribution is -2.58. The second-order valence-corrected chi connectivity index (χ2v) is 8.51. The van der Waals surface area contributed by atoms with Crippen LogP contribution in [-0.4, -0.2) is 58.6 Å². The van der Waals surface area contributed by atoms with Gasteiger partial charge in [-0.1, -0.05) is 56.3 Å². The van der Waals surface area contributed by atoms with E-state index in [0.717, 1.165) is 5.56 Å². The molecule has 0 fully saturated rings. The summed E-state index contributed by atoms with van der Waals surface area (Å²) in [7, 11) is 0. The van der Waals surface area contributed by atoms with Gasteiger partial charge >= 0.3 is 5.97 Å². The molecule has 0 bridgehead atoms. The van der Waals surface area contributed by atoms with Crippen molar-refractivity contribution in [1.82, 2.24) is 16.0 Å². The molecular weight excluding hydrogens is 452 g/mol. The quantitative estimate of drug-likeness (QED) is 0.252. The molecule has 188 valence electrons. The molecule has 2 rings (SSSR count). The Morgan fingerprint density at radius 3 is 1.91 bits per heavy atom. The van der Waals surface area contributed by atoms with Gasteiger partial charge in [-0.3, -0.25) is 14.4 Å². The van der Waals surface area contributed by atoms with E-state index in [2.05, 4.69) is 16.0 Å². The lowest BCUT2D eigenvalue weighted by atomic mass is 9.99. The molecule has 2 aromatic rings. The van der Waals surface area contributed by atoms with Gasteiger partial charge in [-0.05, 0) is 29.2 Å². The maximum Gasteiger partial charge on any atom is 0.326 e. The molecule has 0 aliphatic heterocycles. The van der Waals surface area contributed by atoms with Crippen molar-refractivity contribution in [1.29, 1.82) is 0 Å². The smallest absolute Gasteiger partial charge is 0.326 e. The zero-order valence-corrected chi connectivity index (χ0v) is 19.7. The van der Waals surface area contributed by atoms with Gasteiger partial charge in [0.05, 0.1) is 6.54 Å². The van der Waals surface area contributed by atoms with Gasteiger partial charge in [0.2, 0.25) is 17.7 Å². The predicted molar refractivity (Wildman–Crippen MR) is 129 cm³/mol. The number of rotatable bonds is 12. The van der Waals surface area contributed by atoms with Gasteiger partial charge < -0.3 is 31.9 Å². The minimum atomic E-state index is -1.20. The monoisotopic (exact) mass is 484 g/mol. The second kappa shape index (κ2) is 13.1. The van der Waals surface area contributed by atoms with Gasteiger partial charge in [-0.2, -0.15) is 0 Å². The SMILES string of the molecule is CC(C)C(NC(=O)C(Cc1ccc(O)cc1)NC(=O)CN)C(=O)NC(Cc1ccccc1)C(=O)O. The Morgan fingerprint density at radius 2 is 1.37 bits per heavy atom. The fourth-order valence-electron chi connectivity index (χ4n) is 3.43. The van der Waals surface area contributed by atoms with Crippen LogP contribution in [0.2, 0.25) is 0 Å². The molecule has 0 aromatic heterocycles. The molecule has 0 heterocycles. The van der Waals surface area contributed by atoms with E-state index >= 15 is 0 Å². The van der Waals surface area contributed by atoms with E-state index in [1.807, 2.05) is 0 Å². The summed E-state index contributed by atoms with van der Waals surface area (Å²) in [5.74, 6) is -3.33. The number of hydrogen-bond donors (Lipinski definition) is 6. The number of hydrogen-bond acceptors (Lipinski definition) is 6. The van der Waals surface area contributed by atoms with Crippen molar-refractivity contribution in [2.75, 3.05) is 6.54 Å². The van der Waals surface area contributed by atoms with Gasteiger partial charge in [0.25, 0.3) is 0 Å². The second-order valence-electron chi connectivity index (χ2n) is 8.51. The predicted octanol–water partition coefficient (Wildman–Crippen LogP) is 0.331. The molecule has 35 heavy (non-hydrogen) atoms. The number of nitrogens with one attached hydrogen (secondary N) is 3. The van der Waals surface area contributed by atoms with Crippen molar-refractivity contribution in [3.8, 4) is 5.75 Å². The molecule has 0 radical (unpaired) electrons. The summed E-state index contributed by atoms with van der Waals surface area (Å²) in [5, 5.41) is 26.8. The number of nitrogens with two attached hydrogens (primary N) is 1. The van der Waals surface area contributed by atoms with Crippen molar-refractivity contribution >= 4 is 23.7 Å². The van der Waals surface area contributed by atoms with E-state index in [4.69, 9.17) is 5.73 Å². The summed E-state index contributed by atoms with van der Waals surface area (Å²) in [5.41, 5.74) is 6.79. The highest BCUT2D eigenvalue weighted by Crippen LogP contribution is 2.12. The molecule has 2 aromatic carbocycles. The lowest BCUT2D eigenvalue weighted by molar-refractivity contribution is -0.142. The third kappa shape index (κ3) is 8.74. The Morgan fingerprint density at radius 1 is 0.800 bits per heavy atom. The fraction of sp³-hybridized carbons (Fsp3) is 0.360. The van der Waals surface area contributed by atoms with Crippen LogP contribution in [0.25, 0.3) is 0 Å². The Labute approximate surface area is 203 Å². The zero-order valence-electron chi connectivity index (χ0n) is 19.7. The van der Waals surface area contributed by atoms with E-state index in [0.29, 0.717) is 5.56 Å². The average molecular weight is 485 g/mol. The topological polar surface area (TPSA) is 171 Å². The molecule has 7 N–H and O–H groups in total. The van der Waals surface area contributed by atoms with Crippen LogP contribution >= 0.6 is 0 Å². The van der Waals surface area contributed by atoms with Crippen LogP contribution in [0.5, 0.6) is 5.75 Å². The van der Waals surface area contributed by atoms with Crippen molar-refractivity contribution in [3.05, 3.63) is 65.7 Å². The highest BCUT2D eigenvalue weighted by Gasteiger charge is 2.31. The molecule has 0 aliphatic carbocycles. The van der Waals surface area contributed by atoms with Crippen LogP contribution in [0, 0.1) is 5.92 Å². The molecule has 3 atom stereocenters. The number of aromatic hydroxyl groups is 1. The number of phenols is 1. The van der Waals surface area contributed by atoms with Crippen LogP contribution in [0.4, 0.5) is 0 Å². The Bertz CT molecular complexity index is 1010. The van der Waals surface area contributed by atoms with E-state index in [1.165, 1.54) is 12.1 Å². The number of carboxylic acids is 1. The molecule has 0 aliphatic rings. The number of amides is 3. The summed E-state index contributed by atoms with van der Waals surface area (Å²) in [6.07, 6.45) is 0.173. The van der Waals surface area contributed by atoms with Gasteiger partial charge in [0, 0.05) is 12.8 Å². The summed E-state index contributed by atoms with van der Waals surface area (Å²) in [6.45, 7) is 3.10. The summed E-state index contributed by atoms with van der Waals surface area (Å²) in [6, 6.07) is 11.7. The normalized spacial score (nSPS) is 13.4. The first-order chi connectivity index (χ1) is 16.6. The first-order valence-electron chi connectivity index (χ1n) is 11.3. The van der Waals surface area contributed by atoms with Crippen LogP contribution in [0.1, 0.15) is 25.0 Å². The van der Waals surface area contributed by atoms with E-state index < -0.39 is 41.8 Å². The third-order valence-corrected chi connectivity index (χ3v) is 5.36. The van der Waals surface area contributed by atoms with Crippen LogP contribution in [-0.2, 0) is 32.0 Å². The summed E-state index contributed by atoms with van der Waals surface area (Å²) in [4.78, 5) is 49.8. The molecule has 3 unspecified atom stereocenters. The standard InChI is InChI=1S/C25H32N4O6/c1-15(2)22(24(33)28-20(25(34)35)13-16-6-4-3-5-7-16)29-23(32)19(27-21(31)14-26)12-17-8-10-18(30)11-9-17/h3-11,15,19-20,22,30H,12-14,26H2,1-2H3,(H,27,31)(H,28,33)(H,29,32)(H,34,35). The maximum absolute atomic E-state index is 13.1. The summed E-state index contributed by atoms with van der Waals surface area (Å²) >= 11 is 0. The van der Waals surface area contributed by atoms with E-state index in [-0.39, 0.29) is 31.1 Å². The Balaban J connectivity index is 2.15. The largest absolute Gasteiger partial charge is 0.508 e. The number of carbonyl (C=O) groups is 4. The van der Waals surface area contributed by atoms with Crippen LogP contribution < -0.4 is 21.7 Å². The lowest BCUT2D eigenvalue weighted by Gasteiger charge is -2.26. The zero-order chi connectivity index (χ0) is 26.0. The van der Waals surface area contributed by atoms with Gasteiger partial charge in [0.1, 0.15) is 23.9 Å². The van der Waals surface area contributed by atoms with Crippen molar-refractivity contribution in [2.45, 2.75) is 44.8 Å². The number of carboxylic acid groups (broad SMARTS) is 1. The Hall–Kier alpha value is -3.92. The van der Waals surface area contributed by atoms with Crippen molar-refractivity contribution in [3.63, 3.8) is 0 Å². The number of phenolic OH excluding ortho intramolecular Hbond substituents is 1. The average Bonchev–Trinajstić information content (AvgIpc) is 2.83. The van der Waals surface area contributed by atoms with E-state index in [9.17, 15) is 29.4 Å². The number of aliphatic carboxylic acids is 1. The van der Waals surface area contributed by atoms with Crippen molar-refractivity contribution in [2.24, 2.45) is 11.7 Å². The summed E-state index contributed by atoms with van der Waals surface area (Å²) < 4.78 is 0. The molecular formula is C25H32N4O6. The first kappa shape index (κ1) is 27.3. The first-order valence-corrected chi connectivity index (χ1v) is 11.3. The van der Waals surface area contributed by atoms with Crippen LogP contribution in [0.3, 0.4) is 0 Å². The molecule has 0 saturated carbocycles. The van der Waals surface area contributed by atoms with Crippen LogP contribution in [0.15, 0.2) is 54.6 Å². The third-order valence-electron chi connectivity index (χ3n) is 5.36. The van der Waals surface area contributed by atoms with Gasteiger partial charge in [-0.15, -0.1) is 0 Å². The molecule has 10 heteroatoms. The molecule has 0 spiro atoms. The molecule has 3 amide bonds. The molecule has 0 saturated heterocycles. The number of benzene rings is 2. The Kier molecular flexibility index (Phi) is 10.2. The fourth-order valence-corrected chi connectivity index (χ4v) is 3.43. The highest BCUT2D eigenvalue weighted by atomic mass is 16.4. The molecule has 10 nitrogen and oxygen atoms in total. The van der Waals surface area contributed by atoms with Gasteiger partial charge in [-0.25, -0.2) is 4.79 Å². The minimum Gasteiger partial charge on any atom is -0.508 e. The van der Waals surface area contributed by atoms with Gasteiger partial charge in [0.15, 0.2) is 0 Å². The minimum absolute atomic E-state index is 0.0563. The maximum atomic E-state index is 13.1. The van der Waals surface area contributed by atoms with E-state index in [1.54, 1.807) is 56.3 Å². The van der Waals surface area contributed by atoms with Crippen molar-refractivity contribution < 1.29 is 29.4 Å². The highest BCUT2D eigenvalue weighted by molar-refractivity contribution is 5.94. The number of carbonyl (C=O) groups excluding carboxylic acids is 3.